The molecule has 3 amide bonds. The first-order chi connectivity index (χ1) is 11.1. The molecule has 23 heavy (non-hydrogen) atoms. The molecule has 0 aliphatic carbocycles. The lowest BCUT2D eigenvalue weighted by molar-refractivity contribution is -0.124. The van der Waals surface area contributed by atoms with Crippen LogP contribution in [0.4, 0.5) is 9.80 Å². The number of nitrogens with one attached hydrogen (secondary N) is 1. The van der Waals surface area contributed by atoms with E-state index in [-0.39, 0.29) is 12.5 Å². The highest BCUT2D eigenvalue weighted by Crippen LogP contribution is 2.34. The van der Waals surface area contributed by atoms with Crippen molar-refractivity contribution in [1.82, 2.24) is 10.3 Å². The van der Waals surface area contributed by atoms with Gasteiger partial charge in [0.1, 0.15) is 15.5 Å². The van der Waals surface area contributed by atoms with Gasteiger partial charge in [0.05, 0.1) is 12.8 Å². The number of rotatable bonds is 5. The number of thiazole rings is 1. The molecule has 7 heteroatoms. The summed E-state index contributed by atoms with van der Waals surface area (Å²) in [7, 11) is 1.51. The van der Waals surface area contributed by atoms with Gasteiger partial charge in [-0.25, -0.2) is 14.7 Å². The second-order valence-corrected chi connectivity index (χ2v) is 6.32. The predicted octanol–water partition coefficient (Wildman–Crippen LogP) is 2.66. The van der Waals surface area contributed by atoms with Crippen molar-refractivity contribution in [3.63, 3.8) is 0 Å². The van der Waals surface area contributed by atoms with Crippen molar-refractivity contribution in [2.45, 2.75) is 18.9 Å². The number of carbonyl (C=O) groups excluding carboxylic acids is 2. The number of benzene rings is 1. The lowest BCUT2D eigenvalue weighted by Crippen LogP contribution is -2.50. The highest BCUT2D eigenvalue weighted by Gasteiger charge is 2.51. The molecular weight excluding hydrogens is 314 g/mol. The van der Waals surface area contributed by atoms with Gasteiger partial charge in [-0.2, -0.15) is 0 Å². The minimum absolute atomic E-state index is 0.148. The number of nitrogens with zero attached hydrogens (tertiary/aromatic N) is 2. The summed E-state index contributed by atoms with van der Waals surface area (Å²) < 4.78 is 5.12. The molecule has 120 valence electrons. The van der Waals surface area contributed by atoms with Crippen LogP contribution in [0.1, 0.15) is 13.3 Å². The zero-order valence-corrected chi connectivity index (χ0v) is 13.7. The Balaban J connectivity index is 1.92. The molecule has 1 fully saturated rings. The number of imide groups is 1. The summed E-state index contributed by atoms with van der Waals surface area (Å²) in [5, 5.41) is 4.03. The highest BCUT2D eigenvalue weighted by atomic mass is 32.1. The Morgan fingerprint density at radius 3 is 2.70 bits per heavy atom. The molecule has 0 spiro atoms. The summed E-state index contributed by atoms with van der Waals surface area (Å²) >= 11 is 1.31. The number of ether oxygens (including phenoxy) is 1. The Kier molecular flexibility index (Phi) is 4.14. The van der Waals surface area contributed by atoms with Gasteiger partial charge in [0.15, 0.2) is 0 Å². The molecule has 1 aliphatic heterocycles. The third-order valence-electron chi connectivity index (χ3n) is 3.89. The quantitative estimate of drug-likeness (QED) is 0.855. The van der Waals surface area contributed by atoms with Crippen LogP contribution in [0.15, 0.2) is 36.5 Å². The summed E-state index contributed by atoms with van der Waals surface area (Å²) in [6.45, 7) is 2.00. The molecule has 1 aliphatic rings. The van der Waals surface area contributed by atoms with Gasteiger partial charge in [-0.1, -0.05) is 48.6 Å². The summed E-state index contributed by atoms with van der Waals surface area (Å²) in [4.78, 5) is 30.5. The molecule has 0 radical (unpaired) electrons. The normalized spacial score (nSPS) is 20.9. The number of aromatic nitrogens is 1. The van der Waals surface area contributed by atoms with Gasteiger partial charge in [0, 0.05) is 12.7 Å². The SMILES string of the molecule is CCC1(COC)NC(=O)N(c2cnc(-c3ccccc3)s2)C1=O. The summed E-state index contributed by atoms with van der Waals surface area (Å²) in [6, 6.07) is 9.22. The maximum Gasteiger partial charge on any atom is 0.330 e. The van der Waals surface area contributed by atoms with Gasteiger partial charge in [-0.05, 0) is 6.42 Å². The highest BCUT2D eigenvalue weighted by molar-refractivity contribution is 7.19. The van der Waals surface area contributed by atoms with Crippen molar-refractivity contribution in [1.29, 1.82) is 0 Å². The van der Waals surface area contributed by atoms with E-state index in [0.29, 0.717) is 11.4 Å². The zero-order chi connectivity index (χ0) is 16.4. The van der Waals surface area contributed by atoms with Crippen molar-refractivity contribution in [3.05, 3.63) is 36.5 Å². The van der Waals surface area contributed by atoms with Crippen LogP contribution in [0.25, 0.3) is 10.6 Å². The smallest absolute Gasteiger partial charge is 0.330 e. The monoisotopic (exact) mass is 331 g/mol. The predicted molar refractivity (Wildman–Crippen MR) is 88.5 cm³/mol. The van der Waals surface area contributed by atoms with E-state index in [1.165, 1.54) is 18.4 Å². The Labute approximate surface area is 138 Å². The van der Waals surface area contributed by atoms with Gasteiger partial charge in [0.25, 0.3) is 5.91 Å². The van der Waals surface area contributed by atoms with Crippen LogP contribution in [-0.2, 0) is 9.53 Å². The lowest BCUT2D eigenvalue weighted by atomic mass is 9.97. The van der Waals surface area contributed by atoms with Gasteiger partial charge in [0.2, 0.25) is 0 Å². The molecule has 6 nitrogen and oxygen atoms in total. The summed E-state index contributed by atoms with van der Waals surface area (Å²) in [5.41, 5.74) is -0.0441. The molecule has 1 unspecified atom stereocenters. The number of methoxy groups -OCH3 is 1. The average Bonchev–Trinajstić information content (AvgIpc) is 3.13. The van der Waals surface area contributed by atoms with Crippen molar-refractivity contribution >= 4 is 28.3 Å². The average molecular weight is 331 g/mol. The molecule has 1 N–H and O–H groups in total. The van der Waals surface area contributed by atoms with E-state index >= 15 is 0 Å². The van der Waals surface area contributed by atoms with Crippen LogP contribution in [0.3, 0.4) is 0 Å². The minimum Gasteiger partial charge on any atom is -0.382 e. The zero-order valence-electron chi connectivity index (χ0n) is 12.9. The van der Waals surface area contributed by atoms with Crippen molar-refractivity contribution < 1.29 is 14.3 Å². The summed E-state index contributed by atoms with van der Waals surface area (Å²) in [5.74, 6) is -0.296. The molecule has 2 heterocycles. The molecule has 1 aromatic heterocycles. The van der Waals surface area contributed by atoms with E-state index in [1.807, 2.05) is 37.3 Å². The number of hydrogen-bond donors (Lipinski definition) is 1. The molecular formula is C16H17N3O3S. The van der Waals surface area contributed by atoms with E-state index < -0.39 is 11.6 Å². The molecule has 0 saturated carbocycles. The number of carbonyl (C=O) groups is 2. The fourth-order valence-corrected chi connectivity index (χ4v) is 3.51. The maximum atomic E-state index is 12.7. The Hall–Kier alpha value is -2.25. The minimum atomic E-state index is -0.997. The van der Waals surface area contributed by atoms with E-state index in [0.717, 1.165) is 15.5 Å². The van der Waals surface area contributed by atoms with E-state index in [1.54, 1.807) is 6.20 Å². The first kappa shape index (κ1) is 15.6. The van der Waals surface area contributed by atoms with Crippen LogP contribution in [0.5, 0.6) is 0 Å². The van der Waals surface area contributed by atoms with E-state index in [4.69, 9.17) is 4.74 Å². The lowest BCUT2D eigenvalue weighted by Gasteiger charge is -2.23. The van der Waals surface area contributed by atoms with Gasteiger partial charge in [-0.3, -0.25) is 4.79 Å². The number of urea groups is 1. The Bertz CT molecular complexity index is 731. The van der Waals surface area contributed by atoms with Crippen LogP contribution >= 0.6 is 11.3 Å². The van der Waals surface area contributed by atoms with Crippen molar-refractivity contribution in [2.24, 2.45) is 0 Å². The summed E-state index contributed by atoms with van der Waals surface area (Å²) in [6.07, 6.45) is 2.02. The molecule has 1 atom stereocenters. The fourth-order valence-electron chi connectivity index (χ4n) is 2.59. The molecule has 1 saturated heterocycles. The van der Waals surface area contributed by atoms with Gasteiger partial charge >= 0.3 is 6.03 Å². The van der Waals surface area contributed by atoms with Crippen LogP contribution in [0.2, 0.25) is 0 Å². The third kappa shape index (κ3) is 2.62. The first-order valence-corrected chi connectivity index (χ1v) is 8.10. The second-order valence-electron chi connectivity index (χ2n) is 5.31. The molecule has 0 bridgehead atoms. The second kappa shape index (κ2) is 6.10. The number of anilines is 1. The van der Waals surface area contributed by atoms with Crippen LogP contribution in [0, 0.1) is 0 Å². The third-order valence-corrected chi connectivity index (χ3v) is 4.92. The van der Waals surface area contributed by atoms with Gasteiger partial charge in [-0.15, -0.1) is 0 Å². The van der Waals surface area contributed by atoms with Crippen molar-refractivity contribution in [2.75, 3.05) is 18.6 Å². The van der Waals surface area contributed by atoms with Crippen LogP contribution in [-0.4, -0.2) is 36.2 Å². The fraction of sp³-hybridized carbons (Fsp3) is 0.312. The first-order valence-electron chi connectivity index (χ1n) is 7.28. The molecule has 2 aromatic rings. The number of amides is 3. The van der Waals surface area contributed by atoms with Gasteiger partial charge < -0.3 is 10.1 Å². The molecule has 1 aromatic carbocycles. The van der Waals surface area contributed by atoms with Crippen LogP contribution < -0.4 is 10.2 Å². The van der Waals surface area contributed by atoms with E-state index in [2.05, 4.69) is 10.3 Å². The van der Waals surface area contributed by atoms with E-state index in [9.17, 15) is 9.59 Å². The molecule has 3 rings (SSSR count). The Morgan fingerprint density at radius 2 is 2.04 bits per heavy atom. The number of hydrogen-bond acceptors (Lipinski definition) is 5. The topological polar surface area (TPSA) is 71.5 Å². The Morgan fingerprint density at radius 1 is 1.30 bits per heavy atom. The standard InChI is InChI=1S/C16H17N3O3S/c1-3-16(10-22-2)14(20)19(15(21)18-16)12-9-17-13(23-12)11-7-5-4-6-8-11/h4-9H,3,10H2,1-2H3,(H,18,21). The largest absolute Gasteiger partial charge is 0.382 e. The maximum absolute atomic E-state index is 12.7. The van der Waals surface area contributed by atoms with Crippen molar-refractivity contribution in [3.8, 4) is 10.6 Å².